The van der Waals surface area contributed by atoms with Crippen LogP contribution < -0.4 is 10.1 Å². The van der Waals surface area contributed by atoms with Crippen LogP contribution in [0, 0.1) is 10.1 Å². The van der Waals surface area contributed by atoms with E-state index < -0.39 is 22.9 Å². The fourth-order valence-electron chi connectivity index (χ4n) is 2.48. The van der Waals surface area contributed by atoms with Crippen molar-refractivity contribution < 1.29 is 24.0 Å². The van der Waals surface area contributed by atoms with Gasteiger partial charge in [-0.2, -0.15) is 0 Å². The van der Waals surface area contributed by atoms with Gasteiger partial charge in [0.2, 0.25) is 0 Å². The highest BCUT2D eigenvalue weighted by Gasteiger charge is 2.19. The lowest BCUT2D eigenvalue weighted by Gasteiger charge is -2.14. The summed E-state index contributed by atoms with van der Waals surface area (Å²) in [5.41, 5.74) is 0.485. The molecule has 0 aliphatic carbocycles. The van der Waals surface area contributed by atoms with Crippen molar-refractivity contribution in [2.75, 3.05) is 5.32 Å². The first-order chi connectivity index (χ1) is 14.4. The van der Waals surface area contributed by atoms with Gasteiger partial charge in [0.25, 0.3) is 11.6 Å². The largest absolute Gasteiger partial charge is 0.457 e. The number of hydrogen-bond acceptors (Lipinski definition) is 6. The Balaban J connectivity index is 1.54. The van der Waals surface area contributed by atoms with Crippen LogP contribution in [0.3, 0.4) is 0 Å². The van der Waals surface area contributed by atoms with E-state index in [2.05, 4.69) is 5.32 Å². The molecule has 0 saturated heterocycles. The number of nitro groups is 1. The number of nitro benzene ring substituents is 1. The van der Waals surface area contributed by atoms with E-state index in [9.17, 15) is 19.7 Å². The standard InChI is InChI=1S/C22H18N2O6/c1-15(29-22(26)16-7-11-18(12-8-16)24(27)28)21(25)23-17-9-13-20(14-10-17)30-19-5-3-2-4-6-19/h2-15H,1H3,(H,23,25)/t15-/m0/s1. The highest BCUT2D eigenvalue weighted by molar-refractivity contribution is 5.97. The number of amides is 1. The zero-order chi connectivity index (χ0) is 21.5. The van der Waals surface area contributed by atoms with E-state index in [1.807, 2.05) is 30.3 Å². The van der Waals surface area contributed by atoms with E-state index in [4.69, 9.17) is 9.47 Å². The van der Waals surface area contributed by atoms with Gasteiger partial charge >= 0.3 is 5.97 Å². The number of hydrogen-bond donors (Lipinski definition) is 1. The molecular formula is C22H18N2O6. The molecule has 0 spiro atoms. The molecule has 152 valence electrons. The summed E-state index contributed by atoms with van der Waals surface area (Å²) in [7, 11) is 0. The quantitative estimate of drug-likeness (QED) is 0.350. The lowest BCUT2D eigenvalue weighted by atomic mass is 10.2. The number of benzene rings is 3. The van der Waals surface area contributed by atoms with Gasteiger partial charge in [-0.05, 0) is 55.5 Å². The molecule has 0 radical (unpaired) electrons. The molecule has 0 saturated carbocycles. The molecule has 0 heterocycles. The average molecular weight is 406 g/mol. The average Bonchev–Trinajstić information content (AvgIpc) is 2.75. The van der Waals surface area contributed by atoms with Crippen LogP contribution in [0.4, 0.5) is 11.4 Å². The molecule has 3 rings (SSSR count). The Kier molecular flexibility index (Phi) is 6.39. The number of carbonyl (C=O) groups is 2. The zero-order valence-electron chi connectivity index (χ0n) is 16.0. The topological polar surface area (TPSA) is 108 Å². The fourth-order valence-corrected chi connectivity index (χ4v) is 2.48. The molecule has 30 heavy (non-hydrogen) atoms. The minimum Gasteiger partial charge on any atom is -0.457 e. The summed E-state index contributed by atoms with van der Waals surface area (Å²) in [4.78, 5) is 34.5. The number of nitrogens with zero attached hydrogens (tertiary/aromatic N) is 1. The van der Waals surface area contributed by atoms with Crippen molar-refractivity contribution in [2.45, 2.75) is 13.0 Å². The van der Waals surface area contributed by atoms with Gasteiger partial charge in [-0.3, -0.25) is 14.9 Å². The van der Waals surface area contributed by atoms with Crippen molar-refractivity contribution in [1.29, 1.82) is 0 Å². The second kappa shape index (κ2) is 9.33. The first-order valence-corrected chi connectivity index (χ1v) is 9.01. The predicted molar refractivity (Wildman–Crippen MR) is 110 cm³/mol. The summed E-state index contributed by atoms with van der Waals surface area (Å²) < 4.78 is 10.8. The van der Waals surface area contributed by atoms with E-state index in [0.29, 0.717) is 17.2 Å². The molecule has 0 aliphatic heterocycles. The van der Waals surface area contributed by atoms with Crippen LogP contribution >= 0.6 is 0 Å². The maximum absolute atomic E-state index is 12.3. The molecule has 8 nitrogen and oxygen atoms in total. The first-order valence-electron chi connectivity index (χ1n) is 9.01. The summed E-state index contributed by atoms with van der Waals surface area (Å²) in [6, 6.07) is 21.0. The Labute approximate surface area is 172 Å². The van der Waals surface area contributed by atoms with Crippen LogP contribution in [0.15, 0.2) is 78.9 Å². The van der Waals surface area contributed by atoms with Gasteiger partial charge in [-0.1, -0.05) is 18.2 Å². The van der Waals surface area contributed by atoms with Gasteiger partial charge in [0, 0.05) is 17.8 Å². The van der Waals surface area contributed by atoms with Crippen molar-refractivity contribution in [3.8, 4) is 11.5 Å². The predicted octanol–water partition coefficient (Wildman–Crippen LogP) is 4.57. The van der Waals surface area contributed by atoms with E-state index in [1.165, 1.54) is 31.2 Å². The Morgan fingerprint density at radius 2 is 1.50 bits per heavy atom. The molecule has 8 heteroatoms. The number of non-ortho nitro benzene ring substituents is 1. The number of carbonyl (C=O) groups excluding carboxylic acids is 2. The van der Waals surface area contributed by atoms with Crippen molar-refractivity contribution in [3.63, 3.8) is 0 Å². The summed E-state index contributed by atoms with van der Waals surface area (Å²) >= 11 is 0. The number of nitrogens with one attached hydrogen (secondary N) is 1. The van der Waals surface area contributed by atoms with Gasteiger partial charge in [-0.25, -0.2) is 4.79 Å². The maximum atomic E-state index is 12.3. The second-order valence-corrected chi connectivity index (χ2v) is 6.28. The number of anilines is 1. The normalized spacial score (nSPS) is 11.2. The minimum absolute atomic E-state index is 0.114. The molecule has 3 aromatic carbocycles. The maximum Gasteiger partial charge on any atom is 0.338 e. The lowest BCUT2D eigenvalue weighted by Crippen LogP contribution is -2.30. The fraction of sp³-hybridized carbons (Fsp3) is 0.0909. The second-order valence-electron chi connectivity index (χ2n) is 6.28. The minimum atomic E-state index is -1.06. The third kappa shape index (κ3) is 5.41. The third-order valence-electron chi connectivity index (χ3n) is 4.07. The molecule has 1 amide bonds. The van der Waals surface area contributed by atoms with E-state index in [1.54, 1.807) is 24.3 Å². The van der Waals surface area contributed by atoms with Crippen LogP contribution in [-0.2, 0) is 9.53 Å². The molecule has 3 aromatic rings. The molecular weight excluding hydrogens is 388 g/mol. The van der Waals surface area contributed by atoms with E-state index in [-0.39, 0.29) is 11.3 Å². The summed E-state index contributed by atoms with van der Waals surface area (Å²) in [5, 5.41) is 13.3. The van der Waals surface area contributed by atoms with Crippen LogP contribution in [0.5, 0.6) is 11.5 Å². The number of ether oxygens (including phenoxy) is 2. The molecule has 1 atom stereocenters. The highest BCUT2D eigenvalue weighted by atomic mass is 16.6. The molecule has 0 bridgehead atoms. The Morgan fingerprint density at radius 3 is 2.10 bits per heavy atom. The van der Waals surface area contributed by atoms with E-state index >= 15 is 0 Å². The van der Waals surface area contributed by atoms with Crippen LogP contribution in [-0.4, -0.2) is 22.9 Å². The number of esters is 1. The molecule has 0 fully saturated rings. The molecule has 0 unspecified atom stereocenters. The molecule has 0 aliphatic rings. The third-order valence-corrected chi connectivity index (χ3v) is 4.07. The van der Waals surface area contributed by atoms with Gasteiger partial charge in [0.15, 0.2) is 6.10 Å². The zero-order valence-corrected chi connectivity index (χ0v) is 16.0. The van der Waals surface area contributed by atoms with Crippen molar-refractivity contribution in [1.82, 2.24) is 0 Å². The highest BCUT2D eigenvalue weighted by Crippen LogP contribution is 2.22. The van der Waals surface area contributed by atoms with Crippen molar-refractivity contribution in [2.24, 2.45) is 0 Å². The van der Waals surface area contributed by atoms with Gasteiger partial charge in [0.05, 0.1) is 10.5 Å². The smallest absolute Gasteiger partial charge is 0.338 e. The monoisotopic (exact) mass is 406 g/mol. The van der Waals surface area contributed by atoms with Crippen molar-refractivity contribution >= 4 is 23.3 Å². The summed E-state index contributed by atoms with van der Waals surface area (Å²) in [5.74, 6) is 0.0408. The Hall–Kier alpha value is -4.20. The molecule has 0 aromatic heterocycles. The number of para-hydroxylation sites is 1. The van der Waals surface area contributed by atoms with Gasteiger partial charge in [0.1, 0.15) is 11.5 Å². The van der Waals surface area contributed by atoms with Gasteiger partial charge < -0.3 is 14.8 Å². The van der Waals surface area contributed by atoms with Crippen LogP contribution in [0.1, 0.15) is 17.3 Å². The van der Waals surface area contributed by atoms with Crippen molar-refractivity contribution in [3.05, 3.63) is 94.5 Å². The van der Waals surface area contributed by atoms with Crippen LogP contribution in [0.2, 0.25) is 0 Å². The summed E-state index contributed by atoms with van der Waals surface area (Å²) in [6.07, 6.45) is -1.06. The Morgan fingerprint density at radius 1 is 0.900 bits per heavy atom. The van der Waals surface area contributed by atoms with Gasteiger partial charge in [-0.15, -0.1) is 0 Å². The molecule has 1 N–H and O–H groups in total. The van der Waals surface area contributed by atoms with Crippen LogP contribution in [0.25, 0.3) is 0 Å². The number of rotatable bonds is 7. The summed E-state index contributed by atoms with van der Waals surface area (Å²) in [6.45, 7) is 1.44. The SMILES string of the molecule is C[C@H](OC(=O)c1ccc([N+](=O)[O-])cc1)C(=O)Nc1ccc(Oc2ccccc2)cc1. The first kappa shape index (κ1) is 20.5. The Bertz CT molecular complexity index is 1030. The van der Waals surface area contributed by atoms with E-state index in [0.717, 1.165) is 0 Å². The lowest BCUT2D eigenvalue weighted by molar-refractivity contribution is -0.384.